The van der Waals surface area contributed by atoms with E-state index < -0.39 is 11.6 Å². The smallest absolute Gasteiger partial charge is 0.220 e. The van der Waals surface area contributed by atoms with E-state index in [0.29, 0.717) is 12.8 Å². The number of nitrogens with one attached hydrogen (secondary N) is 1. The molecule has 0 heterocycles. The van der Waals surface area contributed by atoms with Crippen LogP contribution in [0.25, 0.3) is 0 Å². The molecule has 0 aromatic heterocycles. The molecule has 0 saturated heterocycles. The molecule has 3 nitrogen and oxygen atoms in total. The van der Waals surface area contributed by atoms with Crippen LogP contribution in [0.4, 0.5) is 8.78 Å². The van der Waals surface area contributed by atoms with Gasteiger partial charge in [-0.05, 0) is 19.4 Å². The minimum absolute atomic E-state index is 0.0386. The summed E-state index contributed by atoms with van der Waals surface area (Å²) >= 11 is 0. The monoisotopic (exact) mass is 242 g/mol. The number of rotatable bonds is 5. The van der Waals surface area contributed by atoms with E-state index in [-0.39, 0.29) is 24.1 Å². The molecule has 5 heteroatoms. The standard InChI is InChI=1S/C12H16F2N2O/c1-8(15)2-5-12(17)16-7-9-3-4-10(13)6-11(9)14/h3-4,6,8H,2,5,7,15H2,1H3,(H,16,17). The molecule has 1 rings (SSSR count). The fraction of sp³-hybridized carbons (Fsp3) is 0.417. The predicted molar refractivity (Wildman–Crippen MR) is 61.1 cm³/mol. The van der Waals surface area contributed by atoms with Crippen molar-refractivity contribution < 1.29 is 13.6 Å². The summed E-state index contributed by atoms with van der Waals surface area (Å²) in [6.07, 6.45) is 0.887. The Hall–Kier alpha value is -1.49. The van der Waals surface area contributed by atoms with E-state index in [1.54, 1.807) is 0 Å². The highest BCUT2D eigenvalue weighted by molar-refractivity contribution is 5.75. The summed E-state index contributed by atoms with van der Waals surface area (Å²) < 4.78 is 25.8. The highest BCUT2D eigenvalue weighted by Gasteiger charge is 2.06. The summed E-state index contributed by atoms with van der Waals surface area (Å²) in [6.45, 7) is 1.87. The normalized spacial score (nSPS) is 12.2. The lowest BCUT2D eigenvalue weighted by Crippen LogP contribution is -2.25. The molecule has 3 N–H and O–H groups in total. The molecule has 0 spiro atoms. The Labute approximate surface area is 99.0 Å². The molecule has 17 heavy (non-hydrogen) atoms. The van der Waals surface area contributed by atoms with Crippen molar-refractivity contribution in [2.45, 2.75) is 32.4 Å². The number of hydrogen-bond acceptors (Lipinski definition) is 2. The van der Waals surface area contributed by atoms with Gasteiger partial charge in [-0.3, -0.25) is 4.79 Å². The quantitative estimate of drug-likeness (QED) is 0.825. The molecular formula is C12H16F2N2O. The molecule has 0 aliphatic carbocycles. The van der Waals surface area contributed by atoms with Gasteiger partial charge in [0.15, 0.2) is 0 Å². The number of carbonyl (C=O) groups is 1. The van der Waals surface area contributed by atoms with Crippen LogP contribution >= 0.6 is 0 Å². The van der Waals surface area contributed by atoms with E-state index in [1.165, 1.54) is 6.07 Å². The van der Waals surface area contributed by atoms with Crippen LogP contribution in [-0.4, -0.2) is 11.9 Å². The van der Waals surface area contributed by atoms with Gasteiger partial charge in [0.2, 0.25) is 5.91 Å². The molecule has 94 valence electrons. The molecule has 0 aliphatic rings. The van der Waals surface area contributed by atoms with Crippen LogP contribution in [0.5, 0.6) is 0 Å². The fourth-order valence-corrected chi connectivity index (χ4v) is 1.31. The van der Waals surface area contributed by atoms with Crippen LogP contribution < -0.4 is 11.1 Å². The van der Waals surface area contributed by atoms with Crippen molar-refractivity contribution >= 4 is 5.91 Å². The second kappa shape index (κ2) is 6.30. The second-order valence-corrected chi connectivity index (χ2v) is 4.03. The molecule has 1 unspecified atom stereocenters. The van der Waals surface area contributed by atoms with Crippen LogP contribution in [-0.2, 0) is 11.3 Å². The Morgan fingerprint density at radius 2 is 2.18 bits per heavy atom. The van der Waals surface area contributed by atoms with Crippen LogP contribution in [0.2, 0.25) is 0 Å². The van der Waals surface area contributed by atoms with Gasteiger partial charge in [0.25, 0.3) is 0 Å². The minimum atomic E-state index is -0.655. The molecule has 1 atom stereocenters. The zero-order chi connectivity index (χ0) is 12.8. The van der Waals surface area contributed by atoms with Gasteiger partial charge >= 0.3 is 0 Å². The maximum absolute atomic E-state index is 13.2. The first-order valence-electron chi connectivity index (χ1n) is 5.45. The van der Waals surface area contributed by atoms with Gasteiger partial charge < -0.3 is 11.1 Å². The second-order valence-electron chi connectivity index (χ2n) is 4.03. The number of nitrogens with two attached hydrogens (primary N) is 1. The van der Waals surface area contributed by atoms with Crippen LogP contribution in [0, 0.1) is 11.6 Å². The van der Waals surface area contributed by atoms with Crippen molar-refractivity contribution in [3.63, 3.8) is 0 Å². The van der Waals surface area contributed by atoms with Crippen molar-refractivity contribution in [2.75, 3.05) is 0 Å². The van der Waals surface area contributed by atoms with Crippen LogP contribution in [0.1, 0.15) is 25.3 Å². The Bertz CT molecular complexity index is 394. The highest BCUT2D eigenvalue weighted by atomic mass is 19.1. The molecular weight excluding hydrogens is 226 g/mol. The lowest BCUT2D eigenvalue weighted by Gasteiger charge is -2.07. The van der Waals surface area contributed by atoms with Crippen LogP contribution in [0.3, 0.4) is 0 Å². The predicted octanol–water partition coefficient (Wildman–Crippen LogP) is 1.71. The van der Waals surface area contributed by atoms with E-state index >= 15 is 0 Å². The van der Waals surface area contributed by atoms with E-state index in [2.05, 4.69) is 5.32 Å². The zero-order valence-corrected chi connectivity index (χ0v) is 9.67. The Kier molecular flexibility index (Phi) is 5.03. The Morgan fingerprint density at radius 1 is 1.47 bits per heavy atom. The number of halogens is 2. The maximum Gasteiger partial charge on any atom is 0.220 e. The van der Waals surface area contributed by atoms with E-state index in [9.17, 15) is 13.6 Å². The molecule has 1 aromatic carbocycles. The van der Waals surface area contributed by atoms with Gasteiger partial charge in [-0.25, -0.2) is 8.78 Å². The van der Waals surface area contributed by atoms with Gasteiger partial charge in [0.05, 0.1) is 0 Å². The summed E-state index contributed by atoms with van der Waals surface area (Å²) in [5.41, 5.74) is 5.77. The summed E-state index contributed by atoms with van der Waals surface area (Å²) in [5, 5.41) is 2.56. The minimum Gasteiger partial charge on any atom is -0.352 e. The SMILES string of the molecule is CC(N)CCC(=O)NCc1ccc(F)cc1F. The third-order valence-corrected chi connectivity index (χ3v) is 2.32. The molecule has 0 saturated carbocycles. The average molecular weight is 242 g/mol. The molecule has 1 amide bonds. The topological polar surface area (TPSA) is 55.1 Å². The first-order chi connectivity index (χ1) is 7.99. The van der Waals surface area contributed by atoms with Crippen molar-refractivity contribution in [1.29, 1.82) is 0 Å². The van der Waals surface area contributed by atoms with Crippen molar-refractivity contribution in [3.05, 3.63) is 35.4 Å². The lowest BCUT2D eigenvalue weighted by atomic mass is 10.1. The number of hydrogen-bond donors (Lipinski definition) is 2. The van der Waals surface area contributed by atoms with Crippen molar-refractivity contribution in [2.24, 2.45) is 5.73 Å². The first-order valence-corrected chi connectivity index (χ1v) is 5.45. The third-order valence-electron chi connectivity index (χ3n) is 2.32. The van der Waals surface area contributed by atoms with Crippen molar-refractivity contribution in [3.8, 4) is 0 Å². The molecule has 1 aromatic rings. The first kappa shape index (κ1) is 13.6. The average Bonchev–Trinajstić information content (AvgIpc) is 2.25. The van der Waals surface area contributed by atoms with Gasteiger partial charge in [-0.2, -0.15) is 0 Å². The summed E-state index contributed by atoms with van der Waals surface area (Å²) in [5.74, 6) is -1.47. The Balaban J connectivity index is 2.42. The van der Waals surface area contributed by atoms with Gasteiger partial charge in [0, 0.05) is 30.6 Å². The molecule has 0 radical (unpaired) electrons. The van der Waals surface area contributed by atoms with E-state index in [0.717, 1.165) is 12.1 Å². The van der Waals surface area contributed by atoms with Gasteiger partial charge in [-0.1, -0.05) is 6.07 Å². The summed E-state index contributed by atoms with van der Waals surface area (Å²) in [7, 11) is 0. The largest absolute Gasteiger partial charge is 0.352 e. The van der Waals surface area contributed by atoms with Gasteiger partial charge in [0.1, 0.15) is 11.6 Å². The molecule has 0 fully saturated rings. The fourth-order valence-electron chi connectivity index (χ4n) is 1.31. The number of benzene rings is 1. The summed E-state index contributed by atoms with van der Waals surface area (Å²) in [4.78, 5) is 11.3. The van der Waals surface area contributed by atoms with E-state index in [4.69, 9.17) is 5.73 Å². The Morgan fingerprint density at radius 3 is 2.76 bits per heavy atom. The highest BCUT2D eigenvalue weighted by Crippen LogP contribution is 2.09. The van der Waals surface area contributed by atoms with E-state index in [1.807, 2.05) is 6.92 Å². The summed E-state index contributed by atoms with van der Waals surface area (Å²) in [6, 6.07) is 3.23. The third kappa shape index (κ3) is 4.91. The maximum atomic E-state index is 13.2. The van der Waals surface area contributed by atoms with Crippen LogP contribution in [0.15, 0.2) is 18.2 Å². The van der Waals surface area contributed by atoms with Crippen molar-refractivity contribution in [1.82, 2.24) is 5.32 Å². The van der Waals surface area contributed by atoms with Gasteiger partial charge in [-0.15, -0.1) is 0 Å². The lowest BCUT2D eigenvalue weighted by molar-refractivity contribution is -0.121. The zero-order valence-electron chi connectivity index (χ0n) is 9.67. The number of carbonyl (C=O) groups excluding carboxylic acids is 1. The molecule has 0 bridgehead atoms. The molecule has 0 aliphatic heterocycles. The number of amides is 1.